The fourth-order valence-electron chi connectivity index (χ4n) is 3.58. The highest BCUT2D eigenvalue weighted by Crippen LogP contribution is 2.28. The van der Waals surface area contributed by atoms with Crippen molar-refractivity contribution in [2.75, 3.05) is 29.7 Å². The van der Waals surface area contributed by atoms with Gasteiger partial charge >= 0.3 is 0 Å². The summed E-state index contributed by atoms with van der Waals surface area (Å²) in [6.45, 7) is 4.06. The largest absolute Gasteiger partial charge is 0.339 e. The number of sulfonamides is 1. The van der Waals surface area contributed by atoms with Gasteiger partial charge < -0.3 is 4.90 Å². The van der Waals surface area contributed by atoms with Gasteiger partial charge in [0.15, 0.2) is 0 Å². The lowest BCUT2D eigenvalue weighted by atomic mass is 10.1. The Morgan fingerprint density at radius 1 is 0.958 bits per heavy atom. The molecule has 0 aliphatic carbocycles. The minimum Gasteiger partial charge on any atom is -0.339 e. The number of likely N-dealkylation sites (tertiary alicyclic amines) is 1. The van der Waals surface area contributed by atoms with E-state index in [9.17, 15) is 13.2 Å². The Hall–Kier alpha value is -1.56. The quantitative estimate of drug-likeness (QED) is 0.824. The molecular formula is C18H26N2O3S. The Morgan fingerprint density at radius 3 is 2.25 bits per heavy atom. The van der Waals surface area contributed by atoms with Crippen molar-refractivity contribution in [2.45, 2.75) is 45.4 Å². The Labute approximate surface area is 144 Å². The molecule has 1 aromatic rings. The number of anilines is 1. The maximum Gasteiger partial charge on any atom is 0.253 e. The van der Waals surface area contributed by atoms with Crippen molar-refractivity contribution < 1.29 is 13.2 Å². The van der Waals surface area contributed by atoms with Gasteiger partial charge in [-0.3, -0.25) is 9.10 Å². The van der Waals surface area contributed by atoms with Gasteiger partial charge in [-0.25, -0.2) is 8.42 Å². The molecule has 1 amide bonds. The number of hydrogen-bond donors (Lipinski definition) is 0. The number of nitrogens with zero attached hydrogens (tertiary/aromatic N) is 2. The van der Waals surface area contributed by atoms with E-state index in [0.717, 1.165) is 44.3 Å². The van der Waals surface area contributed by atoms with E-state index in [4.69, 9.17) is 0 Å². The predicted octanol–water partition coefficient (Wildman–Crippen LogP) is 2.94. The summed E-state index contributed by atoms with van der Waals surface area (Å²) in [7, 11) is -3.22. The van der Waals surface area contributed by atoms with Crippen molar-refractivity contribution in [1.29, 1.82) is 0 Å². The molecule has 0 radical (unpaired) electrons. The van der Waals surface area contributed by atoms with Crippen LogP contribution in [-0.4, -0.2) is 44.6 Å². The molecule has 6 heteroatoms. The fourth-order valence-corrected chi connectivity index (χ4v) is 5.29. The molecule has 2 aliphatic heterocycles. The van der Waals surface area contributed by atoms with Gasteiger partial charge in [-0.2, -0.15) is 0 Å². The maximum absolute atomic E-state index is 12.7. The second kappa shape index (κ2) is 7.13. The number of carbonyl (C=O) groups excluding carboxylic acids is 1. The fraction of sp³-hybridized carbons (Fsp3) is 0.611. The highest BCUT2D eigenvalue weighted by molar-refractivity contribution is 7.92. The van der Waals surface area contributed by atoms with Crippen molar-refractivity contribution in [1.82, 2.24) is 4.90 Å². The van der Waals surface area contributed by atoms with Crippen molar-refractivity contribution in [3.05, 3.63) is 29.3 Å². The predicted molar refractivity (Wildman–Crippen MR) is 95.9 cm³/mol. The van der Waals surface area contributed by atoms with Gasteiger partial charge in [0.25, 0.3) is 5.91 Å². The number of hydrogen-bond acceptors (Lipinski definition) is 3. The van der Waals surface area contributed by atoms with Crippen LogP contribution in [0.4, 0.5) is 5.69 Å². The molecule has 2 aliphatic rings. The van der Waals surface area contributed by atoms with E-state index in [0.29, 0.717) is 17.8 Å². The number of rotatable bonds is 2. The molecule has 2 saturated heterocycles. The first-order valence-corrected chi connectivity index (χ1v) is 10.5. The lowest BCUT2D eigenvalue weighted by Crippen LogP contribution is -2.38. The Morgan fingerprint density at radius 2 is 1.62 bits per heavy atom. The zero-order valence-electron chi connectivity index (χ0n) is 14.3. The molecule has 24 heavy (non-hydrogen) atoms. The summed E-state index contributed by atoms with van der Waals surface area (Å²) in [5, 5.41) is 0. The molecule has 132 valence electrons. The average molecular weight is 350 g/mol. The van der Waals surface area contributed by atoms with Gasteiger partial charge in [-0.05, 0) is 56.4 Å². The van der Waals surface area contributed by atoms with Crippen molar-refractivity contribution >= 4 is 21.6 Å². The van der Waals surface area contributed by atoms with E-state index < -0.39 is 10.0 Å². The summed E-state index contributed by atoms with van der Waals surface area (Å²) in [5.41, 5.74) is 2.22. The summed E-state index contributed by atoms with van der Waals surface area (Å²) >= 11 is 0. The topological polar surface area (TPSA) is 57.7 Å². The van der Waals surface area contributed by atoms with Crippen LogP contribution < -0.4 is 4.31 Å². The van der Waals surface area contributed by atoms with Gasteiger partial charge in [0.1, 0.15) is 0 Å². The second-order valence-electron chi connectivity index (χ2n) is 6.80. The summed E-state index contributed by atoms with van der Waals surface area (Å²) in [5.74, 6) is 0.272. The monoisotopic (exact) mass is 350 g/mol. The SMILES string of the molecule is Cc1cc(C(=O)N2CCCCCC2)ccc1N1CCCCS1(=O)=O. The molecule has 0 N–H and O–H groups in total. The third kappa shape index (κ3) is 3.58. The Bertz CT molecular complexity index is 707. The van der Waals surface area contributed by atoms with E-state index >= 15 is 0 Å². The molecule has 3 rings (SSSR count). The zero-order valence-corrected chi connectivity index (χ0v) is 15.1. The molecule has 0 atom stereocenters. The van der Waals surface area contributed by atoms with E-state index in [1.807, 2.05) is 17.9 Å². The molecule has 0 aromatic heterocycles. The normalized spacial score (nSPS) is 21.4. The Kier molecular flexibility index (Phi) is 5.13. The first-order valence-electron chi connectivity index (χ1n) is 8.89. The molecule has 0 unspecified atom stereocenters. The van der Waals surface area contributed by atoms with E-state index in [-0.39, 0.29) is 11.7 Å². The van der Waals surface area contributed by atoms with Crippen molar-refractivity contribution in [3.8, 4) is 0 Å². The van der Waals surface area contributed by atoms with Gasteiger partial charge in [0, 0.05) is 25.2 Å². The van der Waals surface area contributed by atoms with Crippen molar-refractivity contribution in [2.24, 2.45) is 0 Å². The highest BCUT2D eigenvalue weighted by atomic mass is 32.2. The van der Waals surface area contributed by atoms with Gasteiger partial charge in [-0.15, -0.1) is 0 Å². The van der Waals surface area contributed by atoms with Crippen LogP contribution in [-0.2, 0) is 10.0 Å². The van der Waals surface area contributed by atoms with Crippen LogP contribution in [0.2, 0.25) is 0 Å². The highest BCUT2D eigenvalue weighted by Gasteiger charge is 2.27. The lowest BCUT2D eigenvalue weighted by molar-refractivity contribution is 0.0761. The van der Waals surface area contributed by atoms with E-state index in [2.05, 4.69) is 0 Å². The van der Waals surface area contributed by atoms with Crippen LogP contribution in [0, 0.1) is 6.92 Å². The first kappa shape index (κ1) is 17.3. The average Bonchev–Trinajstić information content (AvgIpc) is 2.83. The summed E-state index contributed by atoms with van der Waals surface area (Å²) in [4.78, 5) is 14.6. The molecule has 5 nitrogen and oxygen atoms in total. The van der Waals surface area contributed by atoms with Crippen LogP contribution in [0.5, 0.6) is 0 Å². The number of carbonyl (C=O) groups is 1. The lowest BCUT2D eigenvalue weighted by Gasteiger charge is -2.30. The van der Waals surface area contributed by atoms with Crippen LogP contribution >= 0.6 is 0 Å². The molecule has 0 bridgehead atoms. The third-order valence-corrected chi connectivity index (χ3v) is 6.81. The van der Waals surface area contributed by atoms with E-state index in [1.54, 1.807) is 12.1 Å². The molecule has 1 aromatic carbocycles. The second-order valence-corrected chi connectivity index (χ2v) is 8.82. The number of benzene rings is 1. The van der Waals surface area contributed by atoms with Gasteiger partial charge in [0.2, 0.25) is 10.0 Å². The summed E-state index contributed by atoms with van der Waals surface area (Å²) in [6.07, 6.45) is 6.11. The van der Waals surface area contributed by atoms with Crippen LogP contribution in [0.25, 0.3) is 0 Å². The van der Waals surface area contributed by atoms with E-state index in [1.165, 1.54) is 17.1 Å². The molecule has 0 saturated carbocycles. The summed E-state index contributed by atoms with van der Waals surface area (Å²) < 4.78 is 26.1. The van der Waals surface area contributed by atoms with Crippen molar-refractivity contribution in [3.63, 3.8) is 0 Å². The van der Waals surface area contributed by atoms with Crippen LogP contribution in [0.3, 0.4) is 0 Å². The van der Waals surface area contributed by atoms with Gasteiger partial charge in [0.05, 0.1) is 11.4 Å². The van der Waals surface area contributed by atoms with Gasteiger partial charge in [-0.1, -0.05) is 12.8 Å². The molecule has 2 heterocycles. The number of aryl methyl sites for hydroxylation is 1. The third-order valence-electron chi connectivity index (χ3n) is 4.95. The maximum atomic E-state index is 12.7. The molecule has 0 spiro atoms. The number of amides is 1. The molecule has 2 fully saturated rings. The smallest absolute Gasteiger partial charge is 0.253 e. The Balaban J connectivity index is 1.83. The minimum atomic E-state index is -3.22. The summed E-state index contributed by atoms with van der Waals surface area (Å²) in [6, 6.07) is 5.41. The van der Waals surface area contributed by atoms with Crippen LogP contribution in [0.1, 0.15) is 54.4 Å². The standard InChI is InChI=1S/C18H26N2O3S/c1-15-14-16(18(21)19-10-4-2-3-5-11-19)8-9-17(15)20-12-6-7-13-24(20,22)23/h8-9,14H,2-7,10-13H2,1H3. The minimum absolute atomic E-state index is 0.0630. The first-order chi connectivity index (χ1) is 11.5. The van der Waals surface area contributed by atoms with Crippen LogP contribution in [0.15, 0.2) is 18.2 Å². The zero-order chi connectivity index (χ0) is 17.2. The molecular weight excluding hydrogens is 324 g/mol.